The van der Waals surface area contributed by atoms with E-state index in [1.165, 1.54) is 30.6 Å². The molecule has 0 aliphatic rings. The molecule has 0 aliphatic carbocycles. The van der Waals surface area contributed by atoms with E-state index in [0.29, 0.717) is 0 Å². The standard InChI is InChI=1S/C11H24Si/c1-5-9-10-11-12(6-2,7-3)8-4/h5,9H,6-8,10-11H2,1-4H3/b9-5+. The predicted molar refractivity (Wildman–Crippen MR) is 61.4 cm³/mol. The Bertz CT molecular complexity index is 115. The quantitative estimate of drug-likeness (QED) is 0.422. The topological polar surface area (TPSA) is 0 Å². The number of hydrogen-bond donors (Lipinski definition) is 0. The van der Waals surface area contributed by atoms with Gasteiger partial charge in [0.1, 0.15) is 0 Å². The summed E-state index contributed by atoms with van der Waals surface area (Å²) in [5.74, 6) is 0. The summed E-state index contributed by atoms with van der Waals surface area (Å²) >= 11 is 0. The van der Waals surface area contributed by atoms with Gasteiger partial charge in [0, 0.05) is 0 Å². The van der Waals surface area contributed by atoms with Crippen LogP contribution < -0.4 is 0 Å². The smallest absolute Gasteiger partial charge is 0.0530 e. The molecule has 0 aromatic rings. The van der Waals surface area contributed by atoms with E-state index in [0.717, 1.165) is 0 Å². The first-order valence-corrected chi connectivity index (χ1v) is 8.18. The Morgan fingerprint density at radius 1 is 1.00 bits per heavy atom. The zero-order valence-electron chi connectivity index (χ0n) is 9.19. The minimum absolute atomic E-state index is 0.806. The van der Waals surface area contributed by atoms with Crippen LogP contribution in [0.25, 0.3) is 0 Å². The Morgan fingerprint density at radius 2 is 1.50 bits per heavy atom. The highest BCUT2D eigenvalue weighted by molar-refractivity contribution is 6.79. The van der Waals surface area contributed by atoms with Crippen molar-refractivity contribution in [2.24, 2.45) is 0 Å². The molecule has 0 bridgehead atoms. The molecule has 0 radical (unpaired) electrons. The lowest BCUT2D eigenvalue weighted by molar-refractivity contribution is 1.05. The maximum Gasteiger partial charge on any atom is 0.0530 e. The fraction of sp³-hybridized carbons (Fsp3) is 0.818. The van der Waals surface area contributed by atoms with E-state index in [2.05, 4.69) is 39.8 Å². The van der Waals surface area contributed by atoms with E-state index in [1.54, 1.807) is 0 Å². The van der Waals surface area contributed by atoms with Gasteiger partial charge in [0.25, 0.3) is 0 Å². The molecule has 0 atom stereocenters. The van der Waals surface area contributed by atoms with E-state index in [9.17, 15) is 0 Å². The van der Waals surface area contributed by atoms with Crippen LogP contribution in [0.1, 0.15) is 34.1 Å². The van der Waals surface area contributed by atoms with Gasteiger partial charge >= 0.3 is 0 Å². The van der Waals surface area contributed by atoms with Gasteiger partial charge in [-0.25, -0.2) is 0 Å². The van der Waals surface area contributed by atoms with Gasteiger partial charge in [-0.3, -0.25) is 0 Å². The highest BCUT2D eigenvalue weighted by atomic mass is 28.3. The van der Waals surface area contributed by atoms with Gasteiger partial charge in [0.2, 0.25) is 0 Å². The third kappa shape index (κ3) is 3.57. The molecule has 0 unspecified atom stereocenters. The van der Waals surface area contributed by atoms with Crippen LogP contribution in [0.15, 0.2) is 12.2 Å². The summed E-state index contributed by atoms with van der Waals surface area (Å²) in [4.78, 5) is 0. The van der Waals surface area contributed by atoms with Crippen molar-refractivity contribution in [1.82, 2.24) is 0 Å². The average Bonchev–Trinajstić information content (AvgIpc) is 2.14. The Morgan fingerprint density at radius 3 is 1.83 bits per heavy atom. The van der Waals surface area contributed by atoms with Crippen LogP contribution in [0, 0.1) is 0 Å². The fourth-order valence-electron chi connectivity index (χ4n) is 1.84. The van der Waals surface area contributed by atoms with Crippen molar-refractivity contribution in [3.63, 3.8) is 0 Å². The zero-order valence-corrected chi connectivity index (χ0v) is 10.2. The summed E-state index contributed by atoms with van der Waals surface area (Å²) in [5, 5.41) is 0. The van der Waals surface area contributed by atoms with E-state index in [1.807, 2.05) is 0 Å². The van der Waals surface area contributed by atoms with Crippen LogP contribution in [0.3, 0.4) is 0 Å². The maximum absolute atomic E-state index is 2.38. The Balaban J connectivity index is 3.92. The third-order valence-corrected chi connectivity index (χ3v) is 9.18. The number of allylic oxidation sites excluding steroid dienone is 2. The van der Waals surface area contributed by atoms with Gasteiger partial charge in [0.05, 0.1) is 8.07 Å². The largest absolute Gasteiger partial charge is 0.0917 e. The fourth-order valence-corrected chi connectivity index (χ4v) is 5.18. The van der Waals surface area contributed by atoms with Crippen LogP contribution in [0.4, 0.5) is 0 Å². The van der Waals surface area contributed by atoms with Crippen molar-refractivity contribution < 1.29 is 0 Å². The minimum Gasteiger partial charge on any atom is -0.0917 e. The third-order valence-electron chi connectivity index (χ3n) is 3.33. The van der Waals surface area contributed by atoms with Gasteiger partial charge in [-0.1, -0.05) is 57.1 Å². The second-order valence-corrected chi connectivity index (χ2v) is 9.29. The maximum atomic E-state index is 2.38. The molecule has 0 nitrogen and oxygen atoms in total. The molecule has 0 saturated carbocycles. The Hall–Kier alpha value is -0.0431. The monoisotopic (exact) mass is 184 g/mol. The number of hydrogen-bond acceptors (Lipinski definition) is 0. The normalized spacial score (nSPS) is 12.7. The van der Waals surface area contributed by atoms with E-state index in [-0.39, 0.29) is 0 Å². The molecular weight excluding hydrogens is 160 g/mol. The second-order valence-electron chi connectivity index (χ2n) is 3.67. The average molecular weight is 184 g/mol. The van der Waals surface area contributed by atoms with Gasteiger partial charge in [-0.15, -0.1) is 0 Å². The van der Waals surface area contributed by atoms with Crippen LogP contribution in [0.5, 0.6) is 0 Å². The van der Waals surface area contributed by atoms with Gasteiger partial charge in [-0.2, -0.15) is 0 Å². The lowest BCUT2D eigenvalue weighted by atomic mass is 10.4. The molecular formula is C11H24Si. The molecule has 0 fully saturated rings. The first-order chi connectivity index (χ1) is 5.74. The molecule has 0 spiro atoms. The van der Waals surface area contributed by atoms with Crippen molar-refractivity contribution in [2.45, 2.75) is 58.3 Å². The van der Waals surface area contributed by atoms with Crippen molar-refractivity contribution in [2.75, 3.05) is 0 Å². The lowest BCUT2D eigenvalue weighted by Gasteiger charge is -2.27. The summed E-state index contributed by atoms with van der Waals surface area (Å²) in [6, 6.07) is 5.91. The van der Waals surface area contributed by atoms with Crippen LogP contribution in [0.2, 0.25) is 24.2 Å². The van der Waals surface area contributed by atoms with Crippen molar-refractivity contribution in [3.8, 4) is 0 Å². The van der Waals surface area contributed by atoms with Crippen LogP contribution in [-0.2, 0) is 0 Å². The first kappa shape index (κ1) is 12.0. The zero-order chi connectivity index (χ0) is 9.45. The van der Waals surface area contributed by atoms with Crippen molar-refractivity contribution in [3.05, 3.63) is 12.2 Å². The molecule has 0 N–H and O–H groups in total. The van der Waals surface area contributed by atoms with E-state index in [4.69, 9.17) is 0 Å². The van der Waals surface area contributed by atoms with E-state index < -0.39 is 8.07 Å². The molecule has 0 saturated heterocycles. The lowest BCUT2D eigenvalue weighted by Crippen LogP contribution is -2.30. The molecule has 0 amide bonds. The van der Waals surface area contributed by atoms with Crippen LogP contribution in [-0.4, -0.2) is 8.07 Å². The molecule has 0 aliphatic heterocycles. The molecule has 72 valence electrons. The van der Waals surface area contributed by atoms with Crippen molar-refractivity contribution in [1.29, 1.82) is 0 Å². The second kappa shape index (κ2) is 6.47. The van der Waals surface area contributed by atoms with E-state index >= 15 is 0 Å². The SMILES string of the molecule is C/C=C/CC[Si](CC)(CC)CC. The molecule has 0 aromatic heterocycles. The number of rotatable bonds is 6. The molecule has 0 heterocycles. The van der Waals surface area contributed by atoms with Gasteiger partial charge in [0.15, 0.2) is 0 Å². The summed E-state index contributed by atoms with van der Waals surface area (Å²) in [7, 11) is -0.806. The minimum atomic E-state index is -0.806. The Kier molecular flexibility index (Phi) is 6.45. The van der Waals surface area contributed by atoms with Crippen LogP contribution >= 0.6 is 0 Å². The summed E-state index contributed by atoms with van der Waals surface area (Å²) < 4.78 is 0. The van der Waals surface area contributed by atoms with Gasteiger partial charge in [-0.05, 0) is 13.3 Å². The molecule has 1 heteroatoms. The molecule has 12 heavy (non-hydrogen) atoms. The summed E-state index contributed by atoms with van der Waals surface area (Å²) in [6.45, 7) is 9.27. The molecule has 0 aromatic carbocycles. The van der Waals surface area contributed by atoms with Gasteiger partial charge < -0.3 is 0 Å². The Labute approximate surface area is 79.1 Å². The predicted octanol–water partition coefficient (Wildman–Crippen LogP) is 4.46. The highest BCUT2D eigenvalue weighted by Crippen LogP contribution is 2.26. The highest BCUT2D eigenvalue weighted by Gasteiger charge is 2.24. The summed E-state index contributed by atoms with van der Waals surface area (Å²) in [5.41, 5.74) is 0. The molecule has 0 rings (SSSR count). The first-order valence-electron chi connectivity index (χ1n) is 5.35. The van der Waals surface area contributed by atoms with Crippen molar-refractivity contribution >= 4 is 8.07 Å². The summed E-state index contributed by atoms with van der Waals surface area (Å²) in [6.07, 6.45) is 5.82.